The van der Waals surface area contributed by atoms with Crippen molar-refractivity contribution in [3.8, 4) is 0 Å². The molecule has 0 aromatic heterocycles. The number of ether oxygens (including phenoxy) is 1. The molecule has 1 aromatic rings. The van der Waals surface area contributed by atoms with Crippen molar-refractivity contribution < 1.29 is 31.8 Å². The molecule has 0 radical (unpaired) electrons. The van der Waals surface area contributed by atoms with E-state index in [1.165, 1.54) is 0 Å². The predicted molar refractivity (Wildman–Crippen MR) is 67.1 cm³/mol. The maximum Gasteiger partial charge on any atom is 0.305 e. The quantitative estimate of drug-likeness (QED) is 0.888. The molecule has 0 bridgehead atoms. The Bertz CT molecular complexity index is 629. The van der Waals surface area contributed by atoms with Gasteiger partial charge in [0.1, 0.15) is 11.6 Å². The molecule has 21 heavy (non-hydrogen) atoms. The number of halogens is 2. The highest BCUT2D eigenvalue weighted by Crippen LogP contribution is 2.26. The number of aliphatic carboxylic acids is 1. The minimum absolute atomic E-state index is 0.0332. The highest BCUT2D eigenvalue weighted by molar-refractivity contribution is 7.89. The van der Waals surface area contributed by atoms with Crippen molar-refractivity contribution in [2.75, 3.05) is 19.8 Å². The number of morpholine rings is 1. The monoisotopic (exact) mass is 321 g/mol. The number of benzene rings is 1. The molecule has 0 amide bonds. The lowest BCUT2D eigenvalue weighted by atomic mass is 10.2. The number of nitrogens with zero attached hydrogens (tertiary/aromatic N) is 1. The molecule has 1 N–H and O–H groups in total. The Balaban J connectivity index is 2.43. The fourth-order valence-corrected chi connectivity index (χ4v) is 3.87. The molecule has 1 fully saturated rings. The molecule has 1 aliphatic heterocycles. The summed E-state index contributed by atoms with van der Waals surface area (Å²) in [5.41, 5.74) is 0. The smallest absolute Gasteiger partial charge is 0.305 e. The van der Waals surface area contributed by atoms with Crippen LogP contribution in [0.2, 0.25) is 0 Å². The van der Waals surface area contributed by atoms with Crippen molar-refractivity contribution in [1.82, 2.24) is 4.31 Å². The molecule has 2 rings (SSSR count). The van der Waals surface area contributed by atoms with Gasteiger partial charge in [-0.1, -0.05) is 6.07 Å². The van der Waals surface area contributed by atoms with Crippen LogP contribution in [0.5, 0.6) is 0 Å². The van der Waals surface area contributed by atoms with E-state index in [1.54, 1.807) is 0 Å². The average molecular weight is 321 g/mol. The van der Waals surface area contributed by atoms with Crippen LogP contribution < -0.4 is 0 Å². The minimum Gasteiger partial charge on any atom is -0.481 e. The lowest BCUT2D eigenvalue weighted by molar-refractivity contribution is -0.139. The minimum atomic E-state index is -4.48. The fraction of sp³-hybridized carbons (Fsp3) is 0.417. The van der Waals surface area contributed by atoms with Gasteiger partial charge < -0.3 is 9.84 Å². The molecule has 1 unspecified atom stereocenters. The van der Waals surface area contributed by atoms with Gasteiger partial charge in [0.2, 0.25) is 10.0 Å². The summed E-state index contributed by atoms with van der Waals surface area (Å²) in [6, 6.07) is 1.73. The fourth-order valence-electron chi connectivity index (χ4n) is 2.16. The van der Waals surface area contributed by atoms with Crippen LogP contribution in [0.25, 0.3) is 0 Å². The third kappa shape index (κ3) is 3.20. The molecule has 1 saturated heterocycles. The summed E-state index contributed by atoms with van der Waals surface area (Å²) >= 11 is 0. The van der Waals surface area contributed by atoms with Gasteiger partial charge in [0.25, 0.3) is 0 Å². The third-order valence-corrected chi connectivity index (χ3v) is 5.07. The summed E-state index contributed by atoms with van der Waals surface area (Å²) in [5.74, 6) is -3.65. The van der Waals surface area contributed by atoms with Crippen LogP contribution >= 0.6 is 0 Å². The van der Waals surface area contributed by atoms with Crippen LogP contribution in [0.15, 0.2) is 23.1 Å². The Morgan fingerprint density at radius 3 is 2.57 bits per heavy atom. The summed E-state index contributed by atoms with van der Waals surface area (Å²) in [4.78, 5) is 9.72. The van der Waals surface area contributed by atoms with Crippen molar-refractivity contribution in [2.45, 2.75) is 17.4 Å². The van der Waals surface area contributed by atoms with E-state index >= 15 is 0 Å². The van der Waals surface area contributed by atoms with E-state index in [0.29, 0.717) is 0 Å². The molecule has 1 atom stereocenters. The van der Waals surface area contributed by atoms with Crippen molar-refractivity contribution in [1.29, 1.82) is 0 Å². The van der Waals surface area contributed by atoms with E-state index in [1.807, 2.05) is 0 Å². The Morgan fingerprint density at radius 2 is 2.00 bits per heavy atom. The normalized spacial score (nSPS) is 20.4. The lowest BCUT2D eigenvalue weighted by Crippen LogP contribution is -2.49. The first kappa shape index (κ1) is 15.8. The Hall–Kier alpha value is -1.58. The Labute approximate surface area is 120 Å². The van der Waals surface area contributed by atoms with E-state index < -0.39 is 45.0 Å². The molecule has 0 saturated carbocycles. The van der Waals surface area contributed by atoms with E-state index in [4.69, 9.17) is 9.84 Å². The zero-order valence-electron chi connectivity index (χ0n) is 10.8. The summed E-state index contributed by atoms with van der Waals surface area (Å²) < 4.78 is 58.1. The van der Waals surface area contributed by atoms with Gasteiger partial charge in [0.05, 0.1) is 25.7 Å². The summed E-state index contributed by atoms with van der Waals surface area (Å²) in [6.45, 7) is -0.263. The Morgan fingerprint density at radius 1 is 1.38 bits per heavy atom. The van der Waals surface area contributed by atoms with Crippen LogP contribution in [0.4, 0.5) is 8.78 Å². The zero-order valence-corrected chi connectivity index (χ0v) is 11.6. The van der Waals surface area contributed by atoms with Crippen molar-refractivity contribution in [3.05, 3.63) is 29.8 Å². The third-order valence-electron chi connectivity index (χ3n) is 3.07. The number of carboxylic acids is 1. The van der Waals surface area contributed by atoms with Gasteiger partial charge in [0, 0.05) is 6.54 Å². The van der Waals surface area contributed by atoms with E-state index in [2.05, 4.69) is 0 Å². The SMILES string of the molecule is O=C(O)CC1COCCN1S(=O)(=O)c1c(F)cccc1F. The molecule has 6 nitrogen and oxygen atoms in total. The van der Waals surface area contributed by atoms with E-state index in [0.717, 1.165) is 22.5 Å². The van der Waals surface area contributed by atoms with Gasteiger partial charge >= 0.3 is 5.97 Å². The molecule has 116 valence electrons. The van der Waals surface area contributed by atoms with E-state index in [9.17, 15) is 22.0 Å². The summed E-state index contributed by atoms with van der Waals surface area (Å²) in [5, 5.41) is 8.80. The summed E-state index contributed by atoms with van der Waals surface area (Å²) in [6.07, 6.45) is -0.505. The van der Waals surface area contributed by atoms with Gasteiger partial charge in [-0.05, 0) is 12.1 Å². The zero-order chi connectivity index (χ0) is 15.6. The number of carboxylic acid groups (broad SMARTS) is 1. The van der Waals surface area contributed by atoms with Crippen molar-refractivity contribution in [3.63, 3.8) is 0 Å². The maximum atomic E-state index is 13.7. The van der Waals surface area contributed by atoms with Crippen LogP contribution in [-0.2, 0) is 19.6 Å². The van der Waals surface area contributed by atoms with Gasteiger partial charge in [-0.3, -0.25) is 4.79 Å². The first-order valence-corrected chi connectivity index (χ1v) is 7.53. The highest BCUT2D eigenvalue weighted by Gasteiger charge is 2.38. The second-order valence-electron chi connectivity index (χ2n) is 4.49. The topological polar surface area (TPSA) is 83.9 Å². The largest absolute Gasteiger partial charge is 0.481 e. The summed E-state index contributed by atoms with van der Waals surface area (Å²) in [7, 11) is -4.48. The number of rotatable bonds is 4. The number of hydrogen-bond donors (Lipinski definition) is 1. The van der Waals surface area contributed by atoms with Crippen LogP contribution in [0.3, 0.4) is 0 Å². The Kier molecular flexibility index (Phi) is 4.55. The second-order valence-corrected chi connectivity index (χ2v) is 6.32. The molecule has 0 spiro atoms. The van der Waals surface area contributed by atoms with Crippen molar-refractivity contribution in [2.24, 2.45) is 0 Å². The molecule has 0 aliphatic carbocycles. The van der Waals surface area contributed by atoms with Crippen molar-refractivity contribution >= 4 is 16.0 Å². The van der Waals surface area contributed by atoms with Crippen LogP contribution in [-0.4, -0.2) is 49.6 Å². The highest BCUT2D eigenvalue weighted by atomic mass is 32.2. The average Bonchev–Trinajstić information content (AvgIpc) is 2.37. The van der Waals surface area contributed by atoms with E-state index in [-0.39, 0.29) is 19.8 Å². The van der Waals surface area contributed by atoms with Gasteiger partial charge in [-0.2, -0.15) is 4.31 Å². The molecule has 1 aromatic carbocycles. The lowest BCUT2D eigenvalue weighted by Gasteiger charge is -2.33. The molecule has 1 heterocycles. The second kappa shape index (κ2) is 6.04. The number of carbonyl (C=O) groups is 1. The number of sulfonamides is 1. The van der Waals surface area contributed by atoms with Gasteiger partial charge in [-0.25, -0.2) is 17.2 Å². The van der Waals surface area contributed by atoms with Gasteiger partial charge in [0.15, 0.2) is 4.90 Å². The first-order valence-electron chi connectivity index (χ1n) is 6.09. The molecule has 1 aliphatic rings. The number of hydrogen-bond acceptors (Lipinski definition) is 4. The molecular weight excluding hydrogens is 308 g/mol. The first-order chi connectivity index (χ1) is 9.84. The van der Waals surface area contributed by atoms with Crippen LogP contribution in [0.1, 0.15) is 6.42 Å². The predicted octanol–water partition coefficient (Wildman–Crippen LogP) is 0.829. The maximum absolute atomic E-state index is 13.7. The van der Waals surface area contributed by atoms with Gasteiger partial charge in [-0.15, -0.1) is 0 Å². The standard InChI is InChI=1S/C12H13F2NO5S/c13-9-2-1-3-10(14)12(9)21(18,19)15-4-5-20-7-8(15)6-11(16)17/h1-3,8H,4-7H2,(H,16,17). The van der Waals surface area contributed by atoms with Crippen LogP contribution in [0, 0.1) is 11.6 Å². The molecular formula is C12H13F2NO5S. The molecule has 9 heteroatoms.